The Morgan fingerprint density at radius 2 is 0.893 bits per heavy atom. The zero-order valence-electron chi connectivity index (χ0n) is 12.8. The third-order valence-corrected chi connectivity index (χ3v) is 2.29. The Morgan fingerprint density at radius 1 is 0.571 bits per heavy atom. The van der Waals surface area contributed by atoms with Crippen molar-refractivity contribution in [3.05, 3.63) is 23.3 Å². The number of carbonyl (C=O) groups is 6. The van der Waals surface area contributed by atoms with E-state index in [0.29, 0.717) is 12.1 Å². The molecule has 0 bridgehead atoms. The molecule has 1 rings (SSSR count). The van der Waals surface area contributed by atoms with E-state index >= 15 is 0 Å². The predicted octanol–water partition coefficient (Wildman–Crippen LogP) is 1.33. The van der Waals surface area contributed by atoms with Crippen LogP contribution in [0.5, 0.6) is 11.5 Å². The third-order valence-electron chi connectivity index (χ3n) is 2.29. The van der Waals surface area contributed by atoms with Crippen molar-refractivity contribution >= 4 is 36.6 Å². The maximum Gasteiger partial charge on any atom is 0.555 e. The molecule has 16 heteroatoms. The fourth-order valence-corrected chi connectivity index (χ4v) is 1.42. The van der Waals surface area contributed by atoms with E-state index in [4.69, 9.17) is 20.4 Å². The van der Waals surface area contributed by atoms with Crippen LogP contribution in [0.15, 0.2) is 12.1 Å². The monoisotopic (exact) mass is 406 g/mol. The highest BCUT2D eigenvalue weighted by Crippen LogP contribution is 2.30. The summed E-state index contributed by atoms with van der Waals surface area (Å²) in [5.74, 6) is -5.57. The number of ether oxygens (including phenoxy) is 2. The van der Waals surface area contributed by atoms with Gasteiger partial charge in [-0.3, -0.25) is 0 Å². The van der Waals surface area contributed by atoms with E-state index in [0.717, 1.165) is 0 Å². The van der Waals surface area contributed by atoms with Crippen LogP contribution < -0.4 is 9.47 Å². The average molecular weight is 406 g/mol. The summed E-state index contributed by atoms with van der Waals surface area (Å²) in [6.45, 7) is 0. The molecule has 0 atom stereocenters. The molecule has 0 aliphatic carbocycles. The van der Waals surface area contributed by atoms with Gasteiger partial charge in [0.2, 0.25) is 0 Å². The second kappa shape index (κ2) is 9.08. The number of hydrogen-bond acceptors (Lipinski definition) is 12. The lowest BCUT2D eigenvalue weighted by molar-refractivity contribution is -0.206. The zero-order chi connectivity index (χ0) is 21.4. The van der Waals surface area contributed by atoms with Crippen LogP contribution in [0.3, 0.4) is 0 Å². The molecule has 0 saturated heterocycles. The van der Waals surface area contributed by atoms with E-state index in [1.54, 1.807) is 0 Å². The Morgan fingerprint density at radius 3 is 1.14 bits per heavy atom. The standard InChI is InChI=1S/C12H6O16/c13-7(14)3-1-5(23-11(21)27-25-9(17)18)4(8(15)16)2-6(3)24-12(22)28-26-10(19)20/h1-2H,(H,13,14)(H,15,16)(H,17,18)(H,19,20). The normalized spacial score (nSPS) is 9.43. The van der Waals surface area contributed by atoms with E-state index in [9.17, 15) is 28.8 Å². The van der Waals surface area contributed by atoms with Gasteiger partial charge in [0, 0.05) is 12.1 Å². The Kier molecular flexibility index (Phi) is 6.90. The molecule has 0 fully saturated rings. The van der Waals surface area contributed by atoms with Crippen LogP contribution in [-0.2, 0) is 19.6 Å². The lowest BCUT2D eigenvalue weighted by Crippen LogP contribution is -2.18. The first kappa shape index (κ1) is 21.3. The summed E-state index contributed by atoms with van der Waals surface area (Å²) in [5, 5.41) is 34.5. The highest BCUT2D eigenvalue weighted by Gasteiger charge is 2.26. The molecule has 1 aromatic rings. The van der Waals surface area contributed by atoms with Gasteiger partial charge < -0.3 is 29.9 Å². The van der Waals surface area contributed by atoms with Gasteiger partial charge in [0.05, 0.1) is 0 Å². The Balaban J connectivity index is 3.20. The summed E-state index contributed by atoms with van der Waals surface area (Å²) >= 11 is 0. The van der Waals surface area contributed by atoms with Crippen molar-refractivity contribution < 1.29 is 78.2 Å². The third kappa shape index (κ3) is 6.27. The number of carbonyl (C=O) groups excluding carboxylic acids is 2. The number of carboxylic acids is 2. The van der Waals surface area contributed by atoms with Crippen molar-refractivity contribution in [1.29, 1.82) is 0 Å². The molecule has 0 amide bonds. The molecule has 150 valence electrons. The summed E-state index contributed by atoms with van der Waals surface area (Å²) in [6.07, 6.45) is -7.87. The number of hydrogen-bond donors (Lipinski definition) is 4. The molecule has 0 radical (unpaired) electrons. The van der Waals surface area contributed by atoms with Gasteiger partial charge in [-0.25, -0.2) is 29.0 Å². The summed E-state index contributed by atoms with van der Waals surface area (Å²) < 4.78 is 8.64. The van der Waals surface area contributed by atoms with Crippen molar-refractivity contribution in [1.82, 2.24) is 0 Å². The first-order valence-corrected chi connectivity index (χ1v) is 6.24. The maximum absolute atomic E-state index is 11.2. The molecule has 0 saturated carbocycles. The summed E-state index contributed by atoms with van der Waals surface area (Å²) in [7, 11) is 0. The van der Waals surface area contributed by atoms with E-state index in [-0.39, 0.29) is 0 Å². The average Bonchev–Trinajstić information content (AvgIpc) is 2.58. The quantitative estimate of drug-likeness (QED) is 0.238. The summed E-state index contributed by atoms with van der Waals surface area (Å²) in [4.78, 5) is 79.1. The summed E-state index contributed by atoms with van der Waals surface area (Å²) in [6, 6.07) is 0.795. The molecule has 4 N–H and O–H groups in total. The maximum atomic E-state index is 11.2. The molecule has 0 unspecified atom stereocenters. The van der Waals surface area contributed by atoms with Crippen LogP contribution in [0.2, 0.25) is 0 Å². The van der Waals surface area contributed by atoms with Gasteiger partial charge in [-0.15, -0.1) is 0 Å². The lowest BCUT2D eigenvalue weighted by Gasteiger charge is -2.11. The number of carboxylic acid groups (broad SMARTS) is 4. The first-order valence-electron chi connectivity index (χ1n) is 6.24. The van der Waals surface area contributed by atoms with Crippen molar-refractivity contribution in [2.45, 2.75) is 0 Å². The fourth-order valence-electron chi connectivity index (χ4n) is 1.42. The van der Waals surface area contributed by atoms with Crippen molar-refractivity contribution in [3.63, 3.8) is 0 Å². The molecule has 28 heavy (non-hydrogen) atoms. The van der Waals surface area contributed by atoms with Gasteiger partial charge in [0.1, 0.15) is 22.6 Å². The molecule has 0 aliphatic rings. The van der Waals surface area contributed by atoms with Crippen LogP contribution in [0.25, 0.3) is 0 Å². The van der Waals surface area contributed by atoms with Crippen LogP contribution in [0.4, 0.5) is 19.2 Å². The number of benzene rings is 1. The van der Waals surface area contributed by atoms with E-state index in [1.807, 2.05) is 0 Å². The van der Waals surface area contributed by atoms with Crippen molar-refractivity contribution in [3.8, 4) is 11.5 Å². The molecule has 0 aromatic heterocycles. The molecule has 0 aliphatic heterocycles. The molecule has 0 spiro atoms. The lowest BCUT2D eigenvalue weighted by atomic mass is 10.1. The Labute approximate surface area is 150 Å². The smallest absolute Gasteiger partial charge is 0.478 e. The fraction of sp³-hybridized carbons (Fsp3) is 0. The second-order valence-electron chi connectivity index (χ2n) is 4.02. The molecular formula is C12H6O16. The van der Waals surface area contributed by atoms with Gasteiger partial charge in [-0.2, -0.15) is 19.4 Å². The van der Waals surface area contributed by atoms with Crippen LogP contribution >= 0.6 is 0 Å². The van der Waals surface area contributed by atoms with Gasteiger partial charge in [-0.05, 0) is 0 Å². The highest BCUT2D eigenvalue weighted by atomic mass is 17.3. The largest absolute Gasteiger partial charge is 0.555 e. The Bertz CT molecular complexity index is 769. The SMILES string of the molecule is O=C(O)OOC(=O)Oc1cc(C(=O)O)c(OC(=O)OOC(=O)O)cc1C(=O)O. The van der Waals surface area contributed by atoms with E-state index in [2.05, 4.69) is 29.0 Å². The van der Waals surface area contributed by atoms with Gasteiger partial charge >= 0.3 is 36.6 Å². The molecule has 1 aromatic carbocycles. The number of aromatic carboxylic acids is 2. The minimum atomic E-state index is -2.05. The van der Waals surface area contributed by atoms with E-state index < -0.39 is 59.2 Å². The predicted molar refractivity (Wildman–Crippen MR) is 72.8 cm³/mol. The Hall–Kier alpha value is -4.76. The minimum absolute atomic E-state index is 0.397. The zero-order valence-corrected chi connectivity index (χ0v) is 12.8. The van der Waals surface area contributed by atoms with Gasteiger partial charge in [-0.1, -0.05) is 0 Å². The minimum Gasteiger partial charge on any atom is -0.478 e. The molecule has 0 heterocycles. The second-order valence-corrected chi connectivity index (χ2v) is 4.02. The topological polar surface area (TPSA) is 239 Å². The first-order chi connectivity index (χ1) is 13.0. The van der Waals surface area contributed by atoms with E-state index in [1.165, 1.54) is 0 Å². The molecular weight excluding hydrogens is 400 g/mol. The number of rotatable bonds is 4. The van der Waals surface area contributed by atoms with Gasteiger partial charge in [0.15, 0.2) is 0 Å². The van der Waals surface area contributed by atoms with Crippen molar-refractivity contribution in [2.24, 2.45) is 0 Å². The van der Waals surface area contributed by atoms with Crippen LogP contribution in [-0.4, -0.2) is 57.0 Å². The molecule has 16 nitrogen and oxygen atoms in total. The highest BCUT2D eigenvalue weighted by molar-refractivity contribution is 5.98. The summed E-state index contributed by atoms with van der Waals surface area (Å²) in [5.41, 5.74) is -1.92. The van der Waals surface area contributed by atoms with Gasteiger partial charge in [0.25, 0.3) is 0 Å². The van der Waals surface area contributed by atoms with Crippen molar-refractivity contribution in [2.75, 3.05) is 0 Å². The van der Waals surface area contributed by atoms with Crippen LogP contribution in [0.1, 0.15) is 20.7 Å². The van der Waals surface area contributed by atoms with Crippen LogP contribution in [0, 0.1) is 0 Å².